The van der Waals surface area contributed by atoms with Crippen LogP contribution in [0.2, 0.25) is 0 Å². The molecule has 0 fully saturated rings. The van der Waals surface area contributed by atoms with Crippen LogP contribution in [-0.4, -0.2) is 23.9 Å². The molecule has 0 heterocycles. The number of hydrogen-bond acceptors (Lipinski definition) is 4. The Morgan fingerprint density at radius 3 is 1.84 bits per heavy atom. The van der Waals surface area contributed by atoms with Crippen molar-refractivity contribution in [3.63, 3.8) is 0 Å². The fraction of sp³-hybridized carbons (Fsp3) is 0.200. The van der Waals surface area contributed by atoms with E-state index in [1.54, 1.807) is 6.92 Å². The van der Waals surface area contributed by atoms with Crippen molar-refractivity contribution in [1.29, 1.82) is 0 Å². The fourth-order valence-electron chi connectivity index (χ4n) is 2.02. The van der Waals surface area contributed by atoms with Gasteiger partial charge in [-0.05, 0) is 44.3 Å². The lowest BCUT2D eigenvalue weighted by atomic mass is 10.2. The van der Waals surface area contributed by atoms with E-state index in [0.717, 1.165) is 12.6 Å². The highest BCUT2D eigenvalue weighted by Crippen LogP contribution is 2.34. The van der Waals surface area contributed by atoms with Gasteiger partial charge in [0.05, 0.1) is 20.2 Å². The third-order valence-corrected chi connectivity index (χ3v) is 6.57. The molecule has 2 aromatic rings. The first kappa shape index (κ1) is 19.4. The fourth-order valence-corrected chi connectivity index (χ4v) is 4.22. The van der Waals surface area contributed by atoms with Gasteiger partial charge in [-0.1, -0.05) is 17.7 Å². The molecule has 1 N–H and O–H groups in total. The number of hydrogen-bond donors (Lipinski definition) is 1. The molecule has 0 aliphatic rings. The molecule has 0 radical (unpaired) electrons. The molecule has 0 amide bonds. The molecule has 0 atom stereocenters. The largest absolute Gasteiger partial charge is 0.416 e. The summed E-state index contributed by atoms with van der Waals surface area (Å²) in [6.45, 7) is 1.72. The van der Waals surface area contributed by atoms with Gasteiger partial charge < -0.3 is 0 Å². The Labute approximate surface area is 143 Å². The second-order valence-electron chi connectivity index (χ2n) is 5.21. The van der Waals surface area contributed by atoms with E-state index in [2.05, 4.69) is 0 Å². The zero-order chi connectivity index (χ0) is 19.0. The van der Waals surface area contributed by atoms with Gasteiger partial charge in [-0.3, -0.25) is 0 Å². The number of aryl methyl sites for hydroxylation is 1. The standard InChI is InChI=1S/C15H14F3NO4S2/c1-10-3-5-12(6-4-10)24(20,21)13-7-11(15(16,17)18)8-14(9-13)25(22,23)19-2/h3-9,19H,1-2H3. The Hall–Kier alpha value is -1.91. The lowest BCUT2D eigenvalue weighted by Gasteiger charge is -2.13. The topological polar surface area (TPSA) is 80.3 Å². The molecule has 0 aromatic heterocycles. The van der Waals surface area contributed by atoms with Crippen molar-refractivity contribution < 1.29 is 30.0 Å². The van der Waals surface area contributed by atoms with Crippen molar-refractivity contribution in [2.45, 2.75) is 27.8 Å². The van der Waals surface area contributed by atoms with Crippen molar-refractivity contribution in [1.82, 2.24) is 4.72 Å². The molecule has 136 valence electrons. The number of halogens is 3. The normalized spacial score (nSPS) is 13.0. The highest BCUT2D eigenvalue weighted by molar-refractivity contribution is 7.91. The Bertz CT molecular complexity index is 996. The average molecular weight is 393 g/mol. The van der Waals surface area contributed by atoms with Crippen LogP contribution >= 0.6 is 0 Å². The number of sulfone groups is 1. The summed E-state index contributed by atoms with van der Waals surface area (Å²) in [5.74, 6) is 0. The van der Waals surface area contributed by atoms with Crippen molar-refractivity contribution in [3.05, 3.63) is 53.6 Å². The van der Waals surface area contributed by atoms with Crippen molar-refractivity contribution in [3.8, 4) is 0 Å². The zero-order valence-corrected chi connectivity index (χ0v) is 14.8. The molecule has 10 heteroatoms. The molecule has 2 rings (SSSR count). The van der Waals surface area contributed by atoms with Crippen LogP contribution in [0.15, 0.2) is 57.2 Å². The highest BCUT2D eigenvalue weighted by Gasteiger charge is 2.34. The van der Waals surface area contributed by atoms with Gasteiger partial charge >= 0.3 is 6.18 Å². The summed E-state index contributed by atoms with van der Waals surface area (Å²) in [5.41, 5.74) is -0.601. The molecule has 0 aliphatic heterocycles. The van der Waals surface area contributed by atoms with Crippen LogP contribution in [-0.2, 0) is 26.0 Å². The molecule has 0 unspecified atom stereocenters. The van der Waals surface area contributed by atoms with E-state index in [9.17, 15) is 30.0 Å². The summed E-state index contributed by atoms with van der Waals surface area (Å²) in [5, 5.41) is 0. The van der Waals surface area contributed by atoms with E-state index < -0.39 is 41.4 Å². The summed E-state index contributed by atoms with van der Waals surface area (Å²) in [6.07, 6.45) is -4.91. The molecule has 2 aromatic carbocycles. The van der Waals surface area contributed by atoms with Gasteiger partial charge in [0.25, 0.3) is 0 Å². The lowest BCUT2D eigenvalue weighted by Crippen LogP contribution is -2.20. The number of sulfonamides is 1. The lowest BCUT2D eigenvalue weighted by molar-refractivity contribution is -0.137. The minimum atomic E-state index is -4.91. The first-order valence-corrected chi connectivity index (χ1v) is 9.82. The number of alkyl halides is 3. The van der Waals surface area contributed by atoms with Crippen LogP contribution in [0.4, 0.5) is 13.2 Å². The van der Waals surface area contributed by atoms with Crippen molar-refractivity contribution in [2.24, 2.45) is 0 Å². The summed E-state index contributed by atoms with van der Waals surface area (Å²) < 4.78 is 90.0. The van der Waals surface area contributed by atoms with Gasteiger partial charge in [-0.2, -0.15) is 13.2 Å². The van der Waals surface area contributed by atoms with E-state index >= 15 is 0 Å². The second kappa shape index (κ2) is 6.43. The van der Waals surface area contributed by atoms with Gasteiger partial charge in [0, 0.05) is 0 Å². The zero-order valence-electron chi connectivity index (χ0n) is 13.1. The van der Waals surface area contributed by atoms with Gasteiger partial charge in [0.15, 0.2) is 0 Å². The van der Waals surface area contributed by atoms with Gasteiger partial charge in [-0.25, -0.2) is 21.6 Å². The summed E-state index contributed by atoms with van der Waals surface area (Å²) >= 11 is 0. The molecule has 5 nitrogen and oxygen atoms in total. The van der Waals surface area contributed by atoms with E-state index in [1.807, 2.05) is 4.72 Å². The molecular formula is C15H14F3NO4S2. The summed E-state index contributed by atoms with van der Waals surface area (Å²) in [6, 6.07) is 6.99. The SMILES string of the molecule is CNS(=O)(=O)c1cc(C(F)(F)F)cc(S(=O)(=O)c2ccc(C)cc2)c1. The summed E-state index contributed by atoms with van der Waals surface area (Å²) in [4.78, 5) is -1.76. The smallest absolute Gasteiger partial charge is 0.219 e. The van der Waals surface area contributed by atoms with Gasteiger partial charge in [-0.15, -0.1) is 0 Å². The van der Waals surface area contributed by atoms with Crippen LogP contribution in [0.1, 0.15) is 11.1 Å². The minimum Gasteiger partial charge on any atom is -0.219 e. The van der Waals surface area contributed by atoms with Crippen LogP contribution in [0.3, 0.4) is 0 Å². The third kappa shape index (κ3) is 4.02. The van der Waals surface area contributed by atoms with Crippen molar-refractivity contribution in [2.75, 3.05) is 7.05 Å². The molecular weight excluding hydrogens is 379 g/mol. The minimum absolute atomic E-state index is 0.231. The van der Waals surface area contributed by atoms with Crippen LogP contribution in [0.25, 0.3) is 0 Å². The Kier molecular flexibility index (Phi) is 4.99. The Balaban J connectivity index is 2.76. The predicted octanol–water partition coefficient (Wildman–Crippen LogP) is 2.75. The number of nitrogens with one attached hydrogen (secondary N) is 1. The van der Waals surface area contributed by atoms with E-state index in [4.69, 9.17) is 0 Å². The molecule has 0 aliphatic carbocycles. The maximum atomic E-state index is 13.1. The maximum absolute atomic E-state index is 13.1. The highest BCUT2D eigenvalue weighted by atomic mass is 32.2. The third-order valence-electron chi connectivity index (χ3n) is 3.43. The molecule has 25 heavy (non-hydrogen) atoms. The second-order valence-corrected chi connectivity index (χ2v) is 9.05. The van der Waals surface area contributed by atoms with Gasteiger partial charge in [0.2, 0.25) is 19.9 Å². The first-order chi connectivity index (χ1) is 11.4. The molecule has 0 bridgehead atoms. The van der Waals surface area contributed by atoms with Crippen molar-refractivity contribution >= 4 is 19.9 Å². The van der Waals surface area contributed by atoms with Gasteiger partial charge in [0.1, 0.15) is 0 Å². The Morgan fingerprint density at radius 2 is 1.36 bits per heavy atom. The van der Waals surface area contributed by atoms with Crippen LogP contribution < -0.4 is 4.72 Å². The number of rotatable bonds is 4. The first-order valence-electron chi connectivity index (χ1n) is 6.85. The van der Waals surface area contributed by atoms with E-state index in [1.165, 1.54) is 24.3 Å². The number of benzene rings is 2. The molecule has 0 saturated heterocycles. The molecule has 0 saturated carbocycles. The van der Waals surface area contributed by atoms with Crippen LogP contribution in [0, 0.1) is 6.92 Å². The average Bonchev–Trinajstić information content (AvgIpc) is 2.54. The van der Waals surface area contributed by atoms with E-state index in [0.29, 0.717) is 18.2 Å². The van der Waals surface area contributed by atoms with E-state index in [-0.39, 0.29) is 4.90 Å². The quantitative estimate of drug-likeness (QED) is 0.866. The monoisotopic (exact) mass is 393 g/mol. The summed E-state index contributed by atoms with van der Waals surface area (Å²) in [7, 11) is -7.57. The Morgan fingerprint density at radius 1 is 0.840 bits per heavy atom. The predicted molar refractivity (Wildman–Crippen MR) is 84.3 cm³/mol. The maximum Gasteiger partial charge on any atom is 0.416 e. The molecule has 0 spiro atoms. The van der Waals surface area contributed by atoms with Crippen LogP contribution in [0.5, 0.6) is 0 Å².